The van der Waals surface area contributed by atoms with Crippen molar-refractivity contribution in [2.75, 3.05) is 5.32 Å². The maximum atomic E-state index is 12.8. The lowest BCUT2D eigenvalue weighted by Gasteiger charge is -2.37. The van der Waals surface area contributed by atoms with Gasteiger partial charge in [-0.3, -0.25) is 10.1 Å². The molecule has 2 N–H and O–H groups in total. The van der Waals surface area contributed by atoms with Gasteiger partial charge in [-0.05, 0) is 62.4 Å². The summed E-state index contributed by atoms with van der Waals surface area (Å²) < 4.78 is 28.3. The zero-order valence-corrected chi connectivity index (χ0v) is 17.9. The van der Waals surface area contributed by atoms with Gasteiger partial charge in [-0.2, -0.15) is 0 Å². The van der Waals surface area contributed by atoms with Crippen molar-refractivity contribution in [2.45, 2.75) is 49.6 Å². The molecule has 0 radical (unpaired) electrons. The minimum atomic E-state index is -3.64. The quantitative estimate of drug-likeness (QED) is 0.425. The van der Waals surface area contributed by atoms with Crippen LogP contribution in [0.15, 0.2) is 59.5 Å². The van der Waals surface area contributed by atoms with Crippen LogP contribution in [0.5, 0.6) is 0 Å². The number of sulfonamides is 1. The third-order valence-electron chi connectivity index (χ3n) is 5.53. The van der Waals surface area contributed by atoms with E-state index in [0.717, 1.165) is 23.2 Å². The number of hydrogen-bond donors (Lipinski definition) is 2. The molecule has 30 heavy (non-hydrogen) atoms. The number of nitrogens with one attached hydrogen (secondary N) is 2. The molecule has 0 aromatic heterocycles. The largest absolute Gasteiger partial charge is 0.378 e. The molecule has 0 fully saturated rings. The van der Waals surface area contributed by atoms with E-state index in [0.29, 0.717) is 0 Å². The van der Waals surface area contributed by atoms with Gasteiger partial charge in [-0.25, -0.2) is 13.1 Å². The Morgan fingerprint density at radius 3 is 2.63 bits per heavy atom. The molecule has 1 aliphatic heterocycles. The molecule has 4 rings (SSSR count). The van der Waals surface area contributed by atoms with E-state index < -0.39 is 15.6 Å². The number of allylic oxidation sites excluding steroid dienone is 2. The topological polar surface area (TPSA) is 101 Å². The van der Waals surface area contributed by atoms with E-state index >= 15 is 0 Å². The molecule has 0 amide bonds. The third kappa shape index (κ3) is 3.85. The lowest BCUT2D eigenvalue weighted by atomic mass is 9.77. The van der Waals surface area contributed by atoms with Crippen LogP contribution in [0, 0.1) is 16.0 Å². The van der Waals surface area contributed by atoms with Crippen molar-refractivity contribution in [3.63, 3.8) is 0 Å². The zero-order chi connectivity index (χ0) is 21.7. The van der Waals surface area contributed by atoms with Gasteiger partial charge in [0.2, 0.25) is 10.0 Å². The molecular weight excluding hydrogens is 402 g/mol. The van der Waals surface area contributed by atoms with Crippen molar-refractivity contribution in [2.24, 2.45) is 5.92 Å². The SMILES string of the molecule is CC(C)(C)NS(=O)(=O)c1ccc2c(c1)C1C=CCC1C(c1cccc([N+](=O)[O-])c1)N2. The molecule has 158 valence electrons. The van der Waals surface area contributed by atoms with Crippen LogP contribution in [0.25, 0.3) is 0 Å². The monoisotopic (exact) mass is 427 g/mol. The minimum absolute atomic E-state index is 0.0512. The highest BCUT2D eigenvalue weighted by molar-refractivity contribution is 7.89. The standard InChI is InChI=1S/C22H25N3O4S/c1-22(2,3)24-30(28,29)16-10-11-20-19(13-16)17-8-5-9-18(17)21(23-20)14-6-4-7-15(12-14)25(26)27/h4-8,10-13,17-18,21,23-24H,9H2,1-3H3. The average molecular weight is 428 g/mol. The molecule has 2 aliphatic rings. The number of anilines is 1. The van der Waals surface area contributed by atoms with Gasteiger partial charge in [-0.1, -0.05) is 24.3 Å². The Morgan fingerprint density at radius 2 is 1.93 bits per heavy atom. The smallest absolute Gasteiger partial charge is 0.269 e. The van der Waals surface area contributed by atoms with Crippen LogP contribution in [0.4, 0.5) is 11.4 Å². The molecule has 3 atom stereocenters. The van der Waals surface area contributed by atoms with Crippen molar-refractivity contribution in [3.05, 3.63) is 75.9 Å². The Hall–Kier alpha value is -2.71. The fourth-order valence-electron chi connectivity index (χ4n) is 4.36. The number of benzene rings is 2. The molecule has 1 heterocycles. The summed E-state index contributed by atoms with van der Waals surface area (Å²) in [5, 5.41) is 14.7. The van der Waals surface area contributed by atoms with Crippen LogP contribution in [-0.4, -0.2) is 18.9 Å². The molecular formula is C22H25N3O4S. The molecule has 2 aromatic rings. The van der Waals surface area contributed by atoms with Gasteiger partial charge in [0.1, 0.15) is 0 Å². The molecule has 8 heteroatoms. The van der Waals surface area contributed by atoms with E-state index in [-0.39, 0.29) is 33.4 Å². The van der Waals surface area contributed by atoms with Crippen LogP contribution < -0.4 is 10.0 Å². The lowest BCUT2D eigenvalue weighted by molar-refractivity contribution is -0.384. The van der Waals surface area contributed by atoms with Crippen molar-refractivity contribution >= 4 is 21.4 Å². The van der Waals surface area contributed by atoms with E-state index in [2.05, 4.69) is 22.2 Å². The first kappa shape index (κ1) is 20.6. The number of non-ortho nitro benzene ring substituents is 1. The van der Waals surface area contributed by atoms with Gasteiger partial charge in [0.05, 0.1) is 15.9 Å². The summed E-state index contributed by atoms with van der Waals surface area (Å²) >= 11 is 0. The first-order chi connectivity index (χ1) is 14.0. The zero-order valence-electron chi connectivity index (χ0n) is 17.1. The number of nitro groups is 1. The van der Waals surface area contributed by atoms with E-state index in [1.165, 1.54) is 6.07 Å². The van der Waals surface area contributed by atoms with E-state index in [1.807, 2.05) is 26.8 Å². The van der Waals surface area contributed by atoms with Crippen molar-refractivity contribution in [3.8, 4) is 0 Å². The van der Waals surface area contributed by atoms with Crippen molar-refractivity contribution in [1.29, 1.82) is 0 Å². The number of nitrogens with zero attached hydrogens (tertiary/aromatic N) is 1. The molecule has 0 saturated heterocycles. The average Bonchev–Trinajstić information content (AvgIpc) is 3.15. The Labute approximate surface area is 176 Å². The summed E-state index contributed by atoms with van der Waals surface area (Å²) in [5.41, 5.74) is 2.15. The molecule has 7 nitrogen and oxygen atoms in total. The van der Waals surface area contributed by atoms with Gasteiger partial charge in [-0.15, -0.1) is 0 Å². The van der Waals surface area contributed by atoms with Crippen LogP contribution in [0.1, 0.15) is 50.3 Å². The Morgan fingerprint density at radius 1 is 1.17 bits per heavy atom. The van der Waals surface area contributed by atoms with Crippen molar-refractivity contribution in [1.82, 2.24) is 4.72 Å². The fraction of sp³-hybridized carbons (Fsp3) is 0.364. The highest BCUT2D eigenvalue weighted by Gasteiger charge is 2.39. The number of nitro benzene ring substituents is 1. The predicted molar refractivity (Wildman–Crippen MR) is 116 cm³/mol. The van der Waals surface area contributed by atoms with Gasteiger partial charge in [0.25, 0.3) is 5.69 Å². The summed E-state index contributed by atoms with van der Waals surface area (Å²) in [6.07, 6.45) is 5.04. The second-order valence-electron chi connectivity index (χ2n) is 8.93. The van der Waals surface area contributed by atoms with Gasteiger partial charge >= 0.3 is 0 Å². The lowest BCUT2D eigenvalue weighted by Crippen LogP contribution is -2.40. The van der Waals surface area contributed by atoms with Crippen LogP contribution in [0.3, 0.4) is 0 Å². The fourth-order valence-corrected chi connectivity index (χ4v) is 5.82. The second-order valence-corrected chi connectivity index (χ2v) is 10.6. The molecule has 3 unspecified atom stereocenters. The third-order valence-corrected chi connectivity index (χ3v) is 7.28. The van der Waals surface area contributed by atoms with Crippen LogP contribution in [-0.2, 0) is 10.0 Å². The second kappa shape index (κ2) is 7.21. The Balaban J connectivity index is 1.72. The summed E-state index contributed by atoms with van der Waals surface area (Å²) in [6.45, 7) is 5.43. The highest BCUT2D eigenvalue weighted by atomic mass is 32.2. The Kier molecular flexibility index (Phi) is 4.94. The van der Waals surface area contributed by atoms with Gasteiger partial charge in [0.15, 0.2) is 0 Å². The van der Waals surface area contributed by atoms with Crippen LogP contribution in [0.2, 0.25) is 0 Å². The summed E-state index contributed by atoms with van der Waals surface area (Å²) in [5.74, 6) is 0.211. The van der Waals surface area contributed by atoms with Gasteiger partial charge in [0, 0.05) is 29.3 Å². The number of fused-ring (bicyclic) bond motifs is 3. The van der Waals surface area contributed by atoms with Gasteiger partial charge < -0.3 is 5.32 Å². The first-order valence-corrected chi connectivity index (χ1v) is 11.4. The molecule has 0 spiro atoms. The Bertz CT molecular complexity index is 1140. The molecule has 0 saturated carbocycles. The van der Waals surface area contributed by atoms with E-state index in [4.69, 9.17) is 0 Å². The van der Waals surface area contributed by atoms with Crippen molar-refractivity contribution < 1.29 is 13.3 Å². The van der Waals surface area contributed by atoms with Crippen LogP contribution >= 0.6 is 0 Å². The van der Waals surface area contributed by atoms with E-state index in [9.17, 15) is 18.5 Å². The summed E-state index contributed by atoms with van der Waals surface area (Å²) in [4.78, 5) is 11.1. The number of hydrogen-bond acceptors (Lipinski definition) is 5. The normalized spacial score (nSPS) is 22.8. The van der Waals surface area contributed by atoms with E-state index in [1.54, 1.807) is 30.3 Å². The number of rotatable bonds is 4. The predicted octanol–water partition coefficient (Wildman–Crippen LogP) is 4.50. The first-order valence-electron chi connectivity index (χ1n) is 9.91. The molecule has 0 bridgehead atoms. The summed E-state index contributed by atoms with van der Waals surface area (Å²) in [7, 11) is -3.64. The minimum Gasteiger partial charge on any atom is -0.378 e. The molecule has 2 aromatic carbocycles. The maximum Gasteiger partial charge on any atom is 0.269 e. The molecule has 1 aliphatic carbocycles. The summed E-state index contributed by atoms with van der Waals surface area (Å²) in [6, 6.07) is 11.8. The maximum absolute atomic E-state index is 12.8. The highest BCUT2D eigenvalue weighted by Crippen LogP contribution is 2.50.